The highest BCUT2D eigenvalue weighted by Crippen LogP contribution is 2.59. The Morgan fingerprint density at radius 3 is 2.59 bits per heavy atom. The van der Waals surface area contributed by atoms with Crippen molar-refractivity contribution in [1.29, 1.82) is 0 Å². The Labute approximate surface area is 198 Å². The molecule has 184 valence electrons. The number of aromatic nitrogens is 1. The number of carbonyl (C=O) groups is 1. The normalized spacial score (nSPS) is 25.7. The first-order valence-corrected chi connectivity index (χ1v) is 12.8. The Balaban J connectivity index is 1.77. The summed E-state index contributed by atoms with van der Waals surface area (Å²) in [5.74, 6) is -2.22. The van der Waals surface area contributed by atoms with Crippen molar-refractivity contribution in [2.75, 3.05) is 6.61 Å². The van der Waals surface area contributed by atoms with Crippen molar-refractivity contribution in [3.63, 3.8) is 0 Å². The standard InChI is InChI=1S/C22H21F4NO5S2/c1-2-31-20(28)15-11-12-21(33(29)14-5-3-13(23)4-6-14)16(15)7-9-18-17(21)8-10-19(27-18)32-34(30)22(24,25)26/h3-6,8,10,15-16H,2,7,9,11-12H2,1H3. The third-order valence-corrected chi connectivity index (χ3v) is 9.09. The van der Waals surface area contributed by atoms with Gasteiger partial charge >= 0.3 is 22.6 Å². The molecule has 34 heavy (non-hydrogen) atoms. The molecule has 1 aromatic heterocycles. The van der Waals surface area contributed by atoms with Gasteiger partial charge in [0, 0.05) is 24.0 Å². The number of nitrogens with zero attached hydrogens (tertiary/aromatic N) is 1. The first-order valence-electron chi connectivity index (χ1n) is 10.6. The van der Waals surface area contributed by atoms with Crippen LogP contribution in [0.5, 0.6) is 5.88 Å². The molecule has 2 aliphatic carbocycles. The average Bonchev–Trinajstić information content (AvgIpc) is 3.19. The highest BCUT2D eigenvalue weighted by Gasteiger charge is 2.62. The number of benzene rings is 1. The zero-order valence-electron chi connectivity index (χ0n) is 18.0. The lowest BCUT2D eigenvalue weighted by Crippen LogP contribution is -2.46. The molecular weight excluding hydrogens is 498 g/mol. The van der Waals surface area contributed by atoms with E-state index in [-0.39, 0.29) is 18.5 Å². The summed E-state index contributed by atoms with van der Waals surface area (Å²) in [6.45, 7) is 1.90. The van der Waals surface area contributed by atoms with Crippen molar-refractivity contribution in [3.8, 4) is 5.88 Å². The highest BCUT2D eigenvalue weighted by molar-refractivity contribution is 7.92. The SMILES string of the molecule is CCOC(=O)C1CCC2([S+]([O-])c3ccc(F)cc3)c3ccc(OS(=O)C(F)(F)F)nc3CCC12. The summed E-state index contributed by atoms with van der Waals surface area (Å²) < 4.78 is 85.4. The Bertz CT molecular complexity index is 1100. The van der Waals surface area contributed by atoms with E-state index in [9.17, 15) is 31.1 Å². The first-order chi connectivity index (χ1) is 16.1. The molecule has 0 radical (unpaired) electrons. The number of esters is 1. The van der Waals surface area contributed by atoms with Gasteiger partial charge in [-0.2, -0.15) is 13.2 Å². The monoisotopic (exact) mass is 519 g/mol. The van der Waals surface area contributed by atoms with Crippen molar-refractivity contribution in [2.24, 2.45) is 11.8 Å². The van der Waals surface area contributed by atoms with Gasteiger partial charge in [0.2, 0.25) is 5.88 Å². The maximum absolute atomic E-state index is 14.0. The zero-order valence-corrected chi connectivity index (χ0v) is 19.6. The van der Waals surface area contributed by atoms with Crippen molar-refractivity contribution >= 4 is 28.2 Å². The molecule has 1 aromatic carbocycles. The van der Waals surface area contributed by atoms with E-state index in [0.717, 1.165) is 6.07 Å². The molecule has 6 nitrogen and oxygen atoms in total. The van der Waals surface area contributed by atoms with Gasteiger partial charge in [-0.1, -0.05) is 0 Å². The summed E-state index contributed by atoms with van der Waals surface area (Å²) in [4.78, 5) is 17.2. The predicted octanol–water partition coefficient (Wildman–Crippen LogP) is 4.32. The molecule has 0 spiro atoms. The van der Waals surface area contributed by atoms with E-state index < -0.39 is 50.1 Å². The van der Waals surface area contributed by atoms with Gasteiger partial charge in [-0.15, -0.1) is 0 Å². The number of aryl methyl sites for hydroxylation is 1. The molecule has 1 fully saturated rings. The van der Waals surface area contributed by atoms with E-state index >= 15 is 0 Å². The number of pyridine rings is 1. The van der Waals surface area contributed by atoms with Crippen LogP contribution in [0.25, 0.3) is 0 Å². The van der Waals surface area contributed by atoms with E-state index in [0.29, 0.717) is 41.8 Å². The van der Waals surface area contributed by atoms with Crippen LogP contribution in [0.2, 0.25) is 0 Å². The summed E-state index contributed by atoms with van der Waals surface area (Å²) in [7, 11) is 0. The minimum Gasteiger partial charge on any atom is -0.611 e. The molecule has 1 heterocycles. The predicted molar refractivity (Wildman–Crippen MR) is 115 cm³/mol. The number of halogens is 4. The number of hydrogen-bond donors (Lipinski definition) is 0. The molecular formula is C22H21F4NO5S2. The Morgan fingerprint density at radius 1 is 1.24 bits per heavy atom. The maximum Gasteiger partial charge on any atom is 0.508 e. The molecule has 1 saturated carbocycles. The molecule has 2 aromatic rings. The fourth-order valence-corrected chi connectivity index (χ4v) is 7.39. The van der Waals surface area contributed by atoms with Crippen LogP contribution in [-0.2, 0) is 43.0 Å². The molecule has 0 amide bonds. The van der Waals surface area contributed by atoms with E-state index in [1.165, 1.54) is 30.3 Å². The zero-order chi connectivity index (χ0) is 24.7. The van der Waals surface area contributed by atoms with Gasteiger partial charge in [-0.05, 0) is 67.7 Å². The molecule has 5 unspecified atom stereocenters. The molecule has 12 heteroatoms. The smallest absolute Gasteiger partial charge is 0.508 e. The lowest BCUT2D eigenvalue weighted by atomic mass is 9.75. The Morgan fingerprint density at radius 2 is 1.94 bits per heavy atom. The number of rotatable bonds is 6. The molecule has 0 saturated heterocycles. The van der Waals surface area contributed by atoms with E-state index in [4.69, 9.17) is 4.74 Å². The highest BCUT2D eigenvalue weighted by atomic mass is 32.2. The van der Waals surface area contributed by atoms with Gasteiger partial charge in [0.25, 0.3) is 0 Å². The molecule has 0 aliphatic heterocycles. The van der Waals surface area contributed by atoms with Gasteiger partial charge in [-0.25, -0.2) is 13.6 Å². The molecule has 5 atom stereocenters. The van der Waals surface area contributed by atoms with Gasteiger partial charge < -0.3 is 13.5 Å². The minimum absolute atomic E-state index is 0.200. The molecule has 0 bridgehead atoms. The van der Waals surface area contributed by atoms with Crippen LogP contribution in [0.4, 0.5) is 17.6 Å². The summed E-state index contributed by atoms with van der Waals surface area (Å²) >= 11 is -5.31. The number of alkyl halides is 3. The topological polar surface area (TPSA) is 88.5 Å². The largest absolute Gasteiger partial charge is 0.611 e. The first kappa shape index (κ1) is 24.9. The van der Waals surface area contributed by atoms with Crippen LogP contribution in [0, 0.1) is 17.7 Å². The fourth-order valence-electron chi connectivity index (χ4n) is 5.00. The second-order valence-electron chi connectivity index (χ2n) is 8.06. The van der Waals surface area contributed by atoms with Crippen LogP contribution < -0.4 is 4.18 Å². The number of ether oxygens (including phenoxy) is 1. The summed E-state index contributed by atoms with van der Waals surface area (Å²) in [6, 6.07) is 7.86. The molecule has 2 aliphatic rings. The van der Waals surface area contributed by atoms with Gasteiger partial charge in [0.15, 0.2) is 9.64 Å². The van der Waals surface area contributed by atoms with Crippen molar-refractivity contribution in [3.05, 3.63) is 53.5 Å². The summed E-state index contributed by atoms with van der Waals surface area (Å²) in [5.41, 5.74) is -4.16. The fraction of sp³-hybridized carbons (Fsp3) is 0.455. The van der Waals surface area contributed by atoms with E-state index in [2.05, 4.69) is 9.17 Å². The number of fused-ring (bicyclic) bond motifs is 3. The van der Waals surface area contributed by atoms with Crippen LogP contribution in [0.15, 0.2) is 41.3 Å². The lowest BCUT2D eigenvalue weighted by Gasteiger charge is -2.42. The van der Waals surface area contributed by atoms with Crippen LogP contribution in [0.1, 0.15) is 37.4 Å². The van der Waals surface area contributed by atoms with Crippen LogP contribution in [-0.4, -0.2) is 31.8 Å². The molecule has 4 rings (SSSR count). The third-order valence-electron chi connectivity index (χ3n) is 6.31. The van der Waals surface area contributed by atoms with Gasteiger partial charge in [-0.3, -0.25) is 4.79 Å². The molecule has 0 N–H and O–H groups in total. The van der Waals surface area contributed by atoms with Crippen LogP contribution in [0.3, 0.4) is 0 Å². The quantitative estimate of drug-likeness (QED) is 0.321. The van der Waals surface area contributed by atoms with E-state index in [1.54, 1.807) is 6.92 Å². The van der Waals surface area contributed by atoms with E-state index in [1.807, 2.05) is 0 Å². The Kier molecular flexibility index (Phi) is 6.94. The average molecular weight is 520 g/mol. The van der Waals surface area contributed by atoms with Crippen molar-refractivity contribution in [2.45, 2.75) is 47.8 Å². The second-order valence-corrected chi connectivity index (χ2v) is 10.9. The Hall–Kier alpha value is -2.18. The van der Waals surface area contributed by atoms with Crippen LogP contribution >= 0.6 is 0 Å². The summed E-state index contributed by atoms with van der Waals surface area (Å²) in [6.07, 6.45) is 1.44. The second kappa shape index (κ2) is 9.46. The minimum atomic E-state index is -5.06. The number of hydrogen-bond acceptors (Lipinski definition) is 6. The number of carbonyl (C=O) groups excluding carboxylic acids is 1. The summed E-state index contributed by atoms with van der Waals surface area (Å²) in [5, 5.41) is 0. The van der Waals surface area contributed by atoms with Crippen molar-refractivity contribution < 1.29 is 40.0 Å². The maximum atomic E-state index is 14.0. The van der Waals surface area contributed by atoms with Gasteiger partial charge in [0.1, 0.15) is 5.82 Å². The lowest BCUT2D eigenvalue weighted by molar-refractivity contribution is -0.149. The van der Waals surface area contributed by atoms with Gasteiger partial charge in [0.05, 0.1) is 18.2 Å². The van der Waals surface area contributed by atoms with Crippen molar-refractivity contribution in [1.82, 2.24) is 4.98 Å². The third kappa shape index (κ3) is 4.42.